The lowest BCUT2D eigenvalue weighted by Crippen LogP contribution is -2.32. The van der Waals surface area contributed by atoms with Crippen LogP contribution in [0, 0.1) is 5.92 Å². The van der Waals surface area contributed by atoms with Crippen LogP contribution in [-0.2, 0) is 0 Å². The van der Waals surface area contributed by atoms with Crippen LogP contribution >= 0.6 is 0 Å². The molecular formula is C12H21N3. The maximum absolute atomic E-state index is 3.47. The first kappa shape index (κ1) is 10.7. The van der Waals surface area contributed by atoms with E-state index in [1.54, 1.807) is 0 Å². The fourth-order valence-electron chi connectivity index (χ4n) is 2.42. The summed E-state index contributed by atoms with van der Waals surface area (Å²) in [5.74, 6) is 0.819. The van der Waals surface area contributed by atoms with Gasteiger partial charge in [-0.2, -0.15) is 0 Å². The predicted molar refractivity (Wildman–Crippen MR) is 62.8 cm³/mol. The van der Waals surface area contributed by atoms with Crippen molar-refractivity contribution in [3.05, 3.63) is 24.0 Å². The molecule has 2 rings (SSSR count). The summed E-state index contributed by atoms with van der Waals surface area (Å²) in [6.45, 7) is 2.38. The zero-order valence-electron chi connectivity index (χ0n) is 9.42. The first-order valence-corrected chi connectivity index (χ1v) is 5.91. The molecule has 1 aromatic heterocycles. The van der Waals surface area contributed by atoms with Gasteiger partial charge in [0.25, 0.3) is 0 Å². The minimum atomic E-state index is 0.477. The standard InChI is InChI=1S/C12H21N3/c1-13-12(11-5-3-7-15-11)8-10-4-2-6-14-9-10/h3,5,7,10,12-15H,2,4,6,8-9H2,1H3. The SMILES string of the molecule is CNC(CC1CCCNC1)c1ccc[nH]1. The summed E-state index contributed by atoms with van der Waals surface area (Å²) in [5.41, 5.74) is 1.31. The lowest BCUT2D eigenvalue weighted by molar-refractivity contribution is 0.320. The number of hydrogen-bond acceptors (Lipinski definition) is 2. The Bertz CT molecular complexity index is 262. The van der Waals surface area contributed by atoms with E-state index in [2.05, 4.69) is 27.8 Å². The van der Waals surface area contributed by atoms with Crippen molar-refractivity contribution in [3.63, 3.8) is 0 Å². The lowest BCUT2D eigenvalue weighted by atomic mass is 9.91. The molecule has 2 unspecified atom stereocenters. The Morgan fingerprint density at radius 1 is 1.60 bits per heavy atom. The third-order valence-electron chi connectivity index (χ3n) is 3.31. The van der Waals surface area contributed by atoms with Gasteiger partial charge in [0.05, 0.1) is 0 Å². The minimum Gasteiger partial charge on any atom is -0.364 e. The van der Waals surface area contributed by atoms with Gasteiger partial charge in [-0.25, -0.2) is 0 Å². The topological polar surface area (TPSA) is 39.8 Å². The van der Waals surface area contributed by atoms with Gasteiger partial charge in [-0.1, -0.05) is 0 Å². The number of hydrogen-bond donors (Lipinski definition) is 3. The summed E-state index contributed by atoms with van der Waals surface area (Å²) in [5, 5.41) is 6.86. The summed E-state index contributed by atoms with van der Waals surface area (Å²) in [6.07, 6.45) is 5.92. The Labute approximate surface area is 91.7 Å². The molecule has 3 heteroatoms. The maximum Gasteiger partial charge on any atom is 0.0473 e. The van der Waals surface area contributed by atoms with Crippen LogP contribution < -0.4 is 10.6 Å². The molecule has 0 spiro atoms. The second-order valence-electron chi connectivity index (χ2n) is 4.41. The molecule has 2 atom stereocenters. The van der Waals surface area contributed by atoms with Gasteiger partial charge in [-0.3, -0.25) is 0 Å². The predicted octanol–water partition coefficient (Wildman–Crippen LogP) is 1.66. The smallest absolute Gasteiger partial charge is 0.0473 e. The molecule has 0 amide bonds. The van der Waals surface area contributed by atoms with Crippen molar-refractivity contribution < 1.29 is 0 Å². The Morgan fingerprint density at radius 2 is 2.53 bits per heavy atom. The highest BCUT2D eigenvalue weighted by Crippen LogP contribution is 2.23. The summed E-state index contributed by atoms with van der Waals surface area (Å²) in [6, 6.07) is 4.71. The molecule has 3 N–H and O–H groups in total. The third kappa shape index (κ3) is 2.83. The van der Waals surface area contributed by atoms with Gasteiger partial charge >= 0.3 is 0 Å². The van der Waals surface area contributed by atoms with E-state index in [0.717, 1.165) is 5.92 Å². The zero-order valence-corrected chi connectivity index (χ0v) is 9.42. The van der Waals surface area contributed by atoms with E-state index in [-0.39, 0.29) is 0 Å². The van der Waals surface area contributed by atoms with Crippen LogP contribution in [0.2, 0.25) is 0 Å². The van der Waals surface area contributed by atoms with Crippen molar-refractivity contribution in [1.82, 2.24) is 15.6 Å². The molecular weight excluding hydrogens is 186 g/mol. The molecule has 0 bridgehead atoms. The van der Waals surface area contributed by atoms with Crippen molar-refractivity contribution in [3.8, 4) is 0 Å². The van der Waals surface area contributed by atoms with E-state index < -0.39 is 0 Å². The summed E-state index contributed by atoms with van der Waals surface area (Å²) in [7, 11) is 2.04. The van der Waals surface area contributed by atoms with E-state index in [1.165, 1.54) is 38.0 Å². The lowest BCUT2D eigenvalue weighted by Gasteiger charge is -2.26. The molecule has 0 radical (unpaired) electrons. The molecule has 1 aliphatic heterocycles. The number of H-pyrrole nitrogens is 1. The summed E-state index contributed by atoms with van der Waals surface area (Å²) >= 11 is 0. The molecule has 1 fully saturated rings. The number of aromatic amines is 1. The Kier molecular flexibility index (Phi) is 3.80. The van der Waals surface area contributed by atoms with Crippen LogP contribution in [-0.4, -0.2) is 25.1 Å². The van der Waals surface area contributed by atoms with E-state index >= 15 is 0 Å². The normalized spacial score (nSPS) is 23.9. The Balaban J connectivity index is 1.90. The van der Waals surface area contributed by atoms with Crippen LogP contribution in [0.1, 0.15) is 31.0 Å². The van der Waals surface area contributed by atoms with Crippen LogP contribution in [0.5, 0.6) is 0 Å². The van der Waals surface area contributed by atoms with Crippen molar-refractivity contribution in [2.45, 2.75) is 25.3 Å². The molecule has 0 aromatic carbocycles. The number of rotatable bonds is 4. The second-order valence-corrected chi connectivity index (χ2v) is 4.41. The first-order valence-electron chi connectivity index (χ1n) is 5.91. The number of nitrogens with one attached hydrogen (secondary N) is 3. The Hall–Kier alpha value is -0.800. The third-order valence-corrected chi connectivity index (χ3v) is 3.31. The minimum absolute atomic E-state index is 0.477. The average Bonchev–Trinajstić information content (AvgIpc) is 2.81. The molecule has 1 aliphatic rings. The van der Waals surface area contributed by atoms with E-state index in [0.29, 0.717) is 6.04 Å². The second kappa shape index (κ2) is 5.33. The van der Waals surface area contributed by atoms with Gasteiger partial charge < -0.3 is 15.6 Å². The monoisotopic (exact) mass is 207 g/mol. The zero-order chi connectivity index (χ0) is 10.5. The molecule has 3 nitrogen and oxygen atoms in total. The molecule has 15 heavy (non-hydrogen) atoms. The molecule has 0 saturated carbocycles. The largest absolute Gasteiger partial charge is 0.364 e. The van der Waals surface area contributed by atoms with E-state index in [4.69, 9.17) is 0 Å². The molecule has 84 valence electrons. The highest BCUT2D eigenvalue weighted by Gasteiger charge is 2.19. The highest BCUT2D eigenvalue weighted by molar-refractivity contribution is 5.09. The van der Waals surface area contributed by atoms with Gasteiger partial charge in [0, 0.05) is 17.9 Å². The Morgan fingerprint density at radius 3 is 3.13 bits per heavy atom. The van der Waals surface area contributed by atoms with Crippen LogP contribution in [0.4, 0.5) is 0 Å². The van der Waals surface area contributed by atoms with Gasteiger partial charge in [0.1, 0.15) is 0 Å². The van der Waals surface area contributed by atoms with Crippen LogP contribution in [0.25, 0.3) is 0 Å². The number of aromatic nitrogens is 1. The van der Waals surface area contributed by atoms with E-state index in [1.807, 2.05) is 13.2 Å². The molecule has 2 heterocycles. The fraction of sp³-hybridized carbons (Fsp3) is 0.667. The van der Waals surface area contributed by atoms with Crippen LogP contribution in [0.15, 0.2) is 18.3 Å². The molecule has 1 aromatic rings. The van der Waals surface area contributed by atoms with Crippen LogP contribution in [0.3, 0.4) is 0 Å². The molecule has 0 aliphatic carbocycles. The van der Waals surface area contributed by atoms with Crippen molar-refractivity contribution in [1.29, 1.82) is 0 Å². The summed E-state index contributed by atoms with van der Waals surface area (Å²) < 4.78 is 0. The first-order chi connectivity index (χ1) is 7.40. The number of piperidine rings is 1. The van der Waals surface area contributed by atoms with Gasteiger partial charge in [-0.15, -0.1) is 0 Å². The van der Waals surface area contributed by atoms with Gasteiger partial charge in [0.15, 0.2) is 0 Å². The maximum atomic E-state index is 3.47. The quantitative estimate of drug-likeness (QED) is 0.703. The van der Waals surface area contributed by atoms with Crippen molar-refractivity contribution in [2.24, 2.45) is 5.92 Å². The van der Waals surface area contributed by atoms with Crippen molar-refractivity contribution >= 4 is 0 Å². The molecule has 1 saturated heterocycles. The highest BCUT2D eigenvalue weighted by atomic mass is 14.9. The summed E-state index contributed by atoms with van der Waals surface area (Å²) in [4.78, 5) is 3.29. The fourth-order valence-corrected chi connectivity index (χ4v) is 2.42. The van der Waals surface area contributed by atoms with Gasteiger partial charge in [-0.05, 0) is 57.5 Å². The van der Waals surface area contributed by atoms with Crippen molar-refractivity contribution in [2.75, 3.05) is 20.1 Å². The van der Waals surface area contributed by atoms with Gasteiger partial charge in [0.2, 0.25) is 0 Å². The average molecular weight is 207 g/mol. The van der Waals surface area contributed by atoms with E-state index in [9.17, 15) is 0 Å².